The van der Waals surface area contributed by atoms with Gasteiger partial charge < -0.3 is 4.57 Å². The zero-order valence-corrected chi connectivity index (χ0v) is 10.1. The highest BCUT2D eigenvalue weighted by molar-refractivity contribution is 8.13. The van der Waals surface area contributed by atoms with E-state index in [1.807, 2.05) is 6.92 Å². The quantitative estimate of drug-likeness (QED) is 0.591. The summed E-state index contributed by atoms with van der Waals surface area (Å²) >= 11 is 0. The maximum absolute atomic E-state index is 11.1. The molecule has 0 amide bonds. The second kappa shape index (κ2) is 4.81. The maximum Gasteiger partial charge on any atom is 0.280 e. The van der Waals surface area contributed by atoms with E-state index < -0.39 is 9.05 Å². The van der Waals surface area contributed by atoms with Crippen LogP contribution in [0.3, 0.4) is 0 Å². The first-order chi connectivity index (χ1) is 6.99. The van der Waals surface area contributed by atoms with Crippen molar-refractivity contribution in [3.05, 3.63) is 24.7 Å². The maximum atomic E-state index is 11.1. The summed E-state index contributed by atoms with van der Waals surface area (Å²) < 4.78 is 23.9. The molecule has 1 aromatic heterocycles. The van der Waals surface area contributed by atoms with E-state index in [2.05, 4.69) is 11.6 Å². The molecule has 0 atom stereocenters. The van der Waals surface area contributed by atoms with Crippen molar-refractivity contribution >= 4 is 19.7 Å². The van der Waals surface area contributed by atoms with Crippen LogP contribution in [0.1, 0.15) is 19.2 Å². The second-order valence-corrected chi connectivity index (χ2v) is 5.64. The van der Waals surface area contributed by atoms with Crippen LogP contribution in [0.5, 0.6) is 0 Å². The number of hydrogen-bond acceptors (Lipinski definition) is 3. The highest BCUT2D eigenvalue weighted by Crippen LogP contribution is 2.15. The van der Waals surface area contributed by atoms with Crippen LogP contribution < -0.4 is 0 Å². The Morgan fingerprint density at radius 3 is 2.80 bits per heavy atom. The van der Waals surface area contributed by atoms with Crippen molar-refractivity contribution in [3.8, 4) is 0 Å². The molecule has 0 fully saturated rings. The third-order valence-electron chi connectivity index (χ3n) is 1.89. The van der Waals surface area contributed by atoms with E-state index in [1.165, 1.54) is 6.20 Å². The van der Waals surface area contributed by atoms with Crippen LogP contribution in [0.15, 0.2) is 23.9 Å². The third kappa shape index (κ3) is 3.07. The van der Waals surface area contributed by atoms with E-state index in [-0.39, 0.29) is 5.03 Å². The Balaban J connectivity index is 3.14. The van der Waals surface area contributed by atoms with Crippen LogP contribution in [-0.4, -0.2) is 18.0 Å². The van der Waals surface area contributed by atoms with E-state index in [4.69, 9.17) is 10.7 Å². The lowest BCUT2D eigenvalue weighted by Gasteiger charge is -2.01. The summed E-state index contributed by atoms with van der Waals surface area (Å²) in [6.45, 7) is 6.14. The van der Waals surface area contributed by atoms with E-state index in [0.717, 1.165) is 18.7 Å². The predicted molar refractivity (Wildman–Crippen MR) is 59.5 cm³/mol. The average Bonchev–Trinajstić information content (AvgIpc) is 2.50. The molecule has 4 nitrogen and oxygen atoms in total. The Labute approximate surface area is 94.0 Å². The van der Waals surface area contributed by atoms with Crippen LogP contribution in [0.2, 0.25) is 0 Å². The molecule has 0 aliphatic rings. The first kappa shape index (κ1) is 12.3. The van der Waals surface area contributed by atoms with Gasteiger partial charge in [0.1, 0.15) is 5.82 Å². The minimum Gasteiger partial charge on any atom is -0.330 e. The molecule has 0 bridgehead atoms. The van der Waals surface area contributed by atoms with E-state index >= 15 is 0 Å². The molecule has 0 aromatic carbocycles. The molecular formula is C9H13ClN2O2S. The molecule has 0 aliphatic carbocycles. The van der Waals surface area contributed by atoms with Crippen molar-refractivity contribution in [3.63, 3.8) is 0 Å². The summed E-state index contributed by atoms with van der Waals surface area (Å²) in [7, 11) is 1.48. The van der Waals surface area contributed by atoms with Crippen molar-refractivity contribution < 1.29 is 8.42 Å². The number of halogens is 1. The summed E-state index contributed by atoms with van der Waals surface area (Å²) in [6.07, 6.45) is 4.75. The molecule has 0 saturated heterocycles. The van der Waals surface area contributed by atoms with Gasteiger partial charge in [0, 0.05) is 29.8 Å². The predicted octanol–water partition coefficient (Wildman–Crippen LogP) is 1.95. The van der Waals surface area contributed by atoms with Gasteiger partial charge in [-0.05, 0) is 6.42 Å². The molecule has 1 rings (SSSR count). The zero-order valence-electron chi connectivity index (χ0n) is 8.48. The number of rotatable bonds is 5. The van der Waals surface area contributed by atoms with Crippen LogP contribution >= 0.6 is 10.7 Å². The molecule has 0 radical (unpaired) electrons. The Bertz CT molecular complexity index is 451. The number of hydrogen-bond donors (Lipinski definition) is 0. The fourth-order valence-corrected chi connectivity index (χ4v) is 1.96. The van der Waals surface area contributed by atoms with E-state index in [0.29, 0.717) is 6.54 Å². The number of nitrogens with zero attached hydrogens (tertiary/aromatic N) is 2. The van der Waals surface area contributed by atoms with Crippen molar-refractivity contribution in [1.82, 2.24) is 9.55 Å². The van der Waals surface area contributed by atoms with E-state index in [9.17, 15) is 8.42 Å². The van der Waals surface area contributed by atoms with Gasteiger partial charge in [0.05, 0.1) is 0 Å². The Morgan fingerprint density at radius 2 is 2.33 bits per heavy atom. The summed E-state index contributed by atoms with van der Waals surface area (Å²) in [6, 6.07) is 0. The van der Waals surface area contributed by atoms with Gasteiger partial charge in [-0.3, -0.25) is 0 Å². The lowest BCUT2D eigenvalue weighted by molar-refractivity contribution is 0.606. The molecule has 0 spiro atoms. The van der Waals surface area contributed by atoms with Crippen LogP contribution in [0.25, 0.3) is 0 Å². The molecule has 0 aliphatic heterocycles. The molecule has 0 N–H and O–H groups in total. The first-order valence-corrected chi connectivity index (χ1v) is 6.91. The van der Waals surface area contributed by atoms with Gasteiger partial charge in [0.15, 0.2) is 5.03 Å². The SMILES string of the molecule is C=CCn1cc(S(=O)(=O)Cl)nc1CCC. The summed E-state index contributed by atoms with van der Waals surface area (Å²) in [5.41, 5.74) is 0. The normalized spacial score (nSPS) is 11.6. The molecular weight excluding hydrogens is 236 g/mol. The minimum absolute atomic E-state index is 0.0885. The van der Waals surface area contributed by atoms with Crippen molar-refractivity contribution in [2.45, 2.75) is 31.3 Å². The summed E-state index contributed by atoms with van der Waals surface area (Å²) in [5.74, 6) is 0.719. The largest absolute Gasteiger partial charge is 0.330 e. The molecule has 1 heterocycles. The molecule has 0 saturated carbocycles. The molecule has 1 aromatic rings. The molecule has 6 heteroatoms. The van der Waals surface area contributed by atoms with Gasteiger partial charge in [-0.25, -0.2) is 13.4 Å². The molecule has 15 heavy (non-hydrogen) atoms. The van der Waals surface area contributed by atoms with Crippen molar-refractivity contribution in [2.75, 3.05) is 0 Å². The number of imidazole rings is 1. The number of aryl methyl sites for hydroxylation is 1. The van der Waals surface area contributed by atoms with Gasteiger partial charge in [-0.1, -0.05) is 13.0 Å². The average molecular weight is 249 g/mol. The molecule has 84 valence electrons. The Hall–Kier alpha value is -0.810. The van der Waals surface area contributed by atoms with Gasteiger partial charge in [0.2, 0.25) is 0 Å². The van der Waals surface area contributed by atoms with Crippen molar-refractivity contribution in [1.29, 1.82) is 0 Å². The smallest absolute Gasteiger partial charge is 0.280 e. The number of allylic oxidation sites excluding steroid dienone is 1. The Morgan fingerprint density at radius 1 is 1.67 bits per heavy atom. The lowest BCUT2D eigenvalue weighted by atomic mass is 10.3. The van der Waals surface area contributed by atoms with Crippen molar-refractivity contribution in [2.24, 2.45) is 0 Å². The Kier molecular flexibility index (Phi) is 3.93. The molecule has 0 unspecified atom stereocenters. The van der Waals surface area contributed by atoms with Crippen LogP contribution in [-0.2, 0) is 22.0 Å². The van der Waals surface area contributed by atoms with Crippen LogP contribution in [0.4, 0.5) is 0 Å². The van der Waals surface area contributed by atoms with Gasteiger partial charge >= 0.3 is 0 Å². The monoisotopic (exact) mass is 248 g/mol. The summed E-state index contributed by atoms with van der Waals surface area (Å²) in [4.78, 5) is 3.99. The third-order valence-corrected chi connectivity index (χ3v) is 3.06. The fraction of sp³-hybridized carbons (Fsp3) is 0.444. The lowest BCUT2D eigenvalue weighted by Crippen LogP contribution is -2.00. The highest BCUT2D eigenvalue weighted by Gasteiger charge is 2.16. The fourth-order valence-electron chi connectivity index (χ4n) is 1.27. The highest BCUT2D eigenvalue weighted by atomic mass is 35.7. The standard InChI is InChI=1S/C9H13ClN2O2S/c1-3-5-8-11-9(15(10,13)14)7-12(8)6-4-2/h4,7H,2-3,5-6H2,1H3. The van der Waals surface area contributed by atoms with Gasteiger partial charge in [-0.2, -0.15) is 0 Å². The van der Waals surface area contributed by atoms with Gasteiger partial charge in [0.25, 0.3) is 9.05 Å². The number of aromatic nitrogens is 2. The first-order valence-electron chi connectivity index (χ1n) is 4.60. The second-order valence-electron chi connectivity index (χ2n) is 3.12. The topological polar surface area (TPSA) is 52.0 Å². The minimum atomic E-state index is -3.74. The van der Waals surface area contributed by atoms with Crippen LogP contribution in [0, 0.1) is 0 Å². The van der Waals surface area contributed by atoms with E-state index in [1.54, 1.807) is 10.6 Å². The van der Waals surface area contributed by atoms with Gasteiger partial charge in [-0.15, -0.1) is 6.58 Å². The summed E-state index contributed by atoms with van der Waals surface area (Å²) in [5, 5.41) is -0.0885. The zero-order chi connectivity index (χ0) is 11.5.